The number of aromatic carboxylic acids is 1. The smallest absolute Gasteiger partial charge is 0.341 e. The normalized spacial score (nSPS) is 25.5. The lowest BCUT2D eigenvalue weighted by Gasteiger charge is -2.29. The summed E-state index contributed by atoms with van der Waals surface area (Å²) >= 11 is 0. The predicted molar refractivity (Wildman–Crippen MR) is 129 cm³/mol. The third-order valence-electron chi connectivity index (χ3n) is 6.90. The summed E-state index contributed by atoms with van der Waals surface area (Å²) in [7, 11) is 1.30. The average molecular weight is 498 g/mol. The lowest BCUT2D eigenvalue weighted by molar-refractivity contribution is 0.0102. The minimum absolute atomic E-state index is 0.0317. The first-order valence-electron chi connectivity index (χ1n) is 10.8. The molecule has 3 heterocycles. The molecule has 7 nitrogen and oxygen atoms in total. The van der Waals surface area contributed by atoms with Crippen LogP contribution in [0.5, 0.6) is 0 Å². The van der Waals surface area contributed by atoms with Gasteiger partial charge in [-0.15, -0.1) is 0 Å². The van der Waals surface area contributed by atoms with Crippen LogP contribution in [-0.4, -0.2) is 59.6 Å². The highest BCUT2D eigenvalue weighted by atomic mass is 33.1. The number of nitrogens with zero attached hydrogens (tertiary/aromatic N) is 2. The van der Waals surface area contributed by atoms with Gasteiger partial charge in [-0.1, -0.05) is 26.4 Å². The number of rotatable bonds is 7. The zero-order valence-corrected chi connectivity index (χ0v) is 19.7. The molecule has 11 heteroatoms. The third-order valence-corrected chi connectivity index (χ3v) is 9.33. The highest BCUT2D eigenvalue weighted by molar-refractivity contribution is 8.82. The van der Waals surface area contributed by atoms with Crippen LogP contribution in [0.1, 0.15) is 35.7 Å². The van der Waals surface area contributed by atoms with Crippen molar-refractivity contribution in [2.24, 2.45) is 5.92 Å². The molecule has 3 unspecified atom stereocenters. The average Bonchev–Trinajstić information content (AvgIpc) is 3.45. The Balaban J connectivity index is 1.59. The number of fused-ring (bicyclic) bond motifs is 2. The summed E-state index contributed by atoms with van der Waals surface area (Å²) in [5.74, 6) is 1.05. The Morgan fingerprint density at radius 2 is 2.18 bits per heavy atom. The zero-order chi connectivity index (χ0) is 23.5. The fourth-order valence-electron chi connectivity index (χ4n) is 5.07. The van der Waals surface area contributed by atoms with Gasteiger partial charge in [0.2, 0.25) is 5.43 Å². The van der Waals surface area contributed by atoms with Crippen molar-refractivity contribution >= 4 is 48.9 Å². The van der Waals surface area contributed by atoms with Crippen LogP contribution in [0.3, 0.4) is 0 Å². The van der Waals surface area contributed by atoms with Crippen LogP contribution in [0.4, 0.5) is 14.5 Å². The molecule has 3 atom stereocenters. The molecule has 0 radical (unpaired) electrons. The summed E-state index contributed by atoms with van der Waals surface area (Å²) in [6, 6.07) is 0.889. The van der Waals surface area contributed by atoms with Crippen molar-refractivity contribution in [2.45, 2.75) is 30.9 Å². The number of benzene rings is 1. The van der Waals surface area contributed by atoms with Crippen molar-refractivity contribution in [3.63, 3.8) is 0 Å². The van der Waals surface area contributed by atoms with Crippen LogP contribution >= 0.6 is 20.5 Å². The summed E-state index contributed by atoms with van der Waals surface area (Å²) in [5, 5.41) is 9.17. The van der Waals surface area contributed by atoms with Gasteiger partial charge in [0.25, 0.3) is 0 Å². The molecule has 1 aromatic heterocycles. The first-order valence-corrected chi connectivity index (χ1v) is 13.9. The second-order valence-electron chi connectivity index (χ2n) is 8.85. The van der Waals surface area contributed by atoms with E-state index in [2.05, 4.69) is 10.6 Å². The molecule has 0 amide bonds. The molecule has 178 valence electrons. The number of anilines is 1. The maximum atomic E-state index is 16.0. The number of hydrogen-bond donors (Lipinski definition) is 2. The highest BCUT2D eigenvalue weighted by Crippen LogP contribution is 2.44. The number of halogens is 2. The predicted octanol–water partition coefficient (Wildman–Crippen LogP) is 3.39. The topological polar surface area (TPSA) is 83.8 Å². The van der Waals surface area contributed by atoms with E-state index in [4.69, 9.17) is 4.74 Å². The summed E-state index contributed by atoms with van der Waals surface area (Å²) in [6.45, 7) is 1.89. The van der Waals surface area contributed by atoms with E-state index >= 15 is 8.78 Å². The van der Waals surface area contributed by atoms with E-state index in [1.54, 1.807) is 15.7 Å². The molecule has 33 heavy (non-hydrogen) atoms. The molecule has 3 fully saturated rings. The molecule has 2 aliphatic heterocycles. The molecule has 0 bridgehead atoms. The van der Waals surface area contributed by atoms with E-state index in [0.717, 1.165) is 25.3 Å². The quantitative estimate of drug-likeness (QED) is 0.448. The van der Waals surface area contributed by atoms with Crippen LogP contribution in [0.15, 0.2) is 17.1 Å². The van der Waals surface area contributed by atoms with E-state index in [-0.39, 0.29) is 38.3 Å². The number of nitrogens with one attached hydrogen (secondary N) is 1. The molecule has 1 aliphatic carbocycles. The Morgan fingerprint density at radius 1 is 1.42 bits per heavy atom. The number of ether oxygens (including phenoxy) is 1. The Kier molecular flexibility index (Phi) is 5.79. The largest absolute Gasteiger partial charge is 0.477 e. The van der Waals surface area contributed by atoms with Crippen LogP contribution in [0.2, 0.25) is 0 Å². The van der Waals surface area contributed by atoms with Crippen LogP contribution in [0.25, 0.3) is 10.9 Å². The number of carbonyl (C=O) groups is 1. The van der Waals surface area contributed by atoms with Crippen molar-refractivity contribution in [1.29, 1.82) is 0 Å². The maximum Gasteiger partial charge on any atom is 0.341 e. The fourth-order valence-corrected chi connectivity index (χ4v) is 6.12. The number of carboxylic acids is 1. The summed E-state index contributed by atoms with van der Waals surface area (Å²) in [5.41, 5.74) is -2.13. The molecule has 2 N–H and O–H groups in total. The molecule has 0 spiro atoms. The van der Waals surface area contributed by atoms with Crippen LogP contribution < -0.4 is 15.1 Å². The van der Waals surface area contributed by atoms with Crippen molar-refractivity contribution in [3.05, 3.63) is 39.7 Å². The van der Waals surface area contributed by atoms with Crippen molar-refractivity contribution in [3.8, 4) is 0 Å². The van der Waals surface area contributed by atoms with Gasteiger partial charge in [0.05, 0.1) is 10.9 Å². The molecular weight excluding hydrogens is 472 g/mol. The van der Waals surface area contributed by atoms with E-state index in [0.29, 0.717) is 26.2 Å². The minimum atomic E-state index is -1.41. The lowest BCUT2D eigenvalue weighted by Crippen LogP contribution is -2.45. The summed E-state index contributed by atoms with van der Waals surface area (Å²) < 4.78 is 42.2. The molecular formula is C22H25F2N3O4S2. The number of carboxylic acid groups (broad SMARTS) is 1. The number of pyridine rings is 1. The van der Waals surface area contributed by atoms with Gasteiger partial charge in [-0.05, 0) is 31.6 Å². The Bertz CT molecular complexity index is 1230. The van der Waals surface area contributed by atoms with Gasteiger partial charge in [-0.25, -0.2) is 13.6 Å². The van der Waals surface area contributed by atoms with Gasteiger partial charge in [0.15, 0.2) is 5.82 Å². The summed E-state index contributed by atoms with van der Waals surface area (Å²) in [4.78, 5) is 25.9. The second-order valence-corrected chi connectivity index (χ2v) is 12.4. The van der Waals surface area contributed by atoms with Crippen LogP contribution in [-0.2, 0) is 4.74 Å². The maximum absolute atomic E-state index is 16.0. The second kappa shape index (κ2) is 8.37. The van der Waals surface area contributed by atoms with Gasteiger partial charge in [0.1, 0.15) is 22.7 Å². The van der Waals surface area contributed by atoms with Crippen LogP contribution in [0, 0.1) is 17.6 Å². The Labute approximate surface area is 195 Å². The molecule has 2 saturated heterocycles. The fraction of sp³-hybridized carbons (Fsp3) is 0.500. The Hall–Kier alpha value is -1.95. The molecule has 1 saturated carbocycles. The summed E-state index contributed by atoms with van der Waals surface area (Å²) in [6.07, 6.45) is 5.46. The van der Waals surface area contributed by atoms with Gasteiger partial charge >= 0.3 is 5.97 Å². The molecule has 2 aromatic rings. The standard InChI is InChI=1S/C22H25F2N3O4S2/c1-32-33(2)25-10-22-11-26(8-12(22)5-6-31-22)19-16(23)7-14-18(17(19)24)27(13-3-4-13)9-15(20(14)28)21(29)30/h7,9,12-13,25H,2-6,8,10-11H2,1H3,(H,29,30). The molecule has 5 rings (SSSR count). The van der Waals surface area contributed by atoms with E-state index in [1.165, 1.54) is 10.8 Å². The molecule has 3 aliphatic rings. The first kappa shape index (κ1) is 22.8. The SMILES string of the molecule is C=S(NCC12CN(c3c(F)cc4c(=O)c(C(=O)O)cn(C5CC5)c4c3F)CC1CCO2)SC. The third kappa shape index (κ3) is 3.78. The van der Waals surface area contributed by atoms with Gasteiger partial charge in [-0.2, -0.15) is 0 Å². The van der Waals surface area contributed by atoms with Gasteiger partial charge in [0, 0.05) is 44.4 Å². The van der Waals surface area contributed by atoms with Crippen molar-refractivity contribution in [1.82, 2.24) is 9.29 Å². The van der Waals surface area contributed by atoms with E-state index in [9.17, 15) is 14.7 Å². The monoisotopic (exact) mass is 497 g/mol. The number of aromatic nitrogens is 1. The number of hydrogen-bond acceptors (Lipinski definition) is 6. The Morgan fingerprint density at radius 3 is 2.85 bits per heavy atom. The molecule has 1 aromatic carbocycles. The highest BCUT2D eigenvalue weighted by Gasteiger charge is 2.52. The van der Waals surface area contributed by atoms with E-state index in [1.807, 2.05) is 6.26 Å². The van der Waals surface area contributed by atoms with E-state index < -0.39 is 34.2 Å². The van der Waals surface area contributed by atoms with Crippen molar-refractivity contribution < 1.29 is 23.4 Å². The lowest BCUT2D eigenvalue weighted by atomic mass is 9.91. The zero-order valence-electron chi connectivity index (χ0n) is 18.1. The van der Waals surface area contributed by atoms with Gasteiger partial charge in [-0.3, -0.25) is 9.52 Å². The minimum Gasteiger partial charge on any atom is -0.477 e. The van der Waals surface area contributed by atoms with Gasteiger partial charge < -0.3 is 19.3 Å². The van der Waals surface area contributed by atoms with Crippen molar-refractivity contribution in [2.75, 3.05) is 37.4 Å². The first-order chi connectivity index (χ1) is 15.8.